The third kappa shape index (κ3) is 4.49. The van der Waals surface area contributed by atoms with Gasteiger partial charge < -0.3 is 13.7 Å². The molecular formula is C26H27N3O3Si. The summed E-state index contributed by atoms with van der Waals surface area (Å²) >= 11 is 0. The summed E-state index contributed by atoms with van der Waals surface area (Å²) in [6, 6.07) is 27.2. The van der Waals surface area contributed by atoms with E-state index >= 15 is 0 Å². The van der Waals surface area contributed by atoms with Crippen molar-refractivity contribution in [2.75, 3.05) is 13.7 Å². The molecule has 3 aromatic rings. The molecule has 33 heavy (non-hydrogen) atoms. The first-order valence-corrected chi connectivity index (χ1v) is 12.5. The Balaban J connectivity index is 2.47. The minimum absolute atomic E-state index is 0.308. The van der Waals surface area contributed by atoms with Crippen LogP contribution in [0.25, 0.3) is 0 Å². The summed E-state index contributed by atoms with van der Waals surface area (Å²) in [5.41, 5.74) is 3.31. The van der Waals surface area contributed by atoms with E-state index in [4.69, 9.17) is 0 Å². The Bertz CT molecular complexity index is 998. The SMILES string of the molecule is C=C[Si](N(C(C)=O)c1ccccc1)(N(C(C)=O)c1ccccc1)N(C(C)=O)c1ccccc1. The molecule has 0 bridgehead atoms. The number of benzene rings is 3. The maximum Gasteiger partial charge on any atom is 0.426 e. The lowest BCUT2D eigenvalue weighted by molar-refractivity contribution is -0.115. The van der Waals surface area contributed by atoms with E-state index in [0.717, 1.165) is 0 Å². The first kappa shape index (κ1) is 23.7. The van der Waals surface area contributed by atoms with Gasteiger partial charge in [0.1, 0.15) is 0 Å². The summed E-state index contributed by atoms with van der Waals surface area (Å²) in [7, 11) is -3.85. The average molecular weight is 458 g/mol. The minimum atomic E-state index is -3.85. The van der Waals surface area contributed by atoms with Gasteiger partial charge in [-0.05, 0) is 42.1 Å². The maximum absolute atomic E-state index is 13.3. The monoisotopic (exact) mass is 457 g/mol. The highest BCUT2D eigenvalue weighted by Gasteiger charge is 2.56. The molecule has 0 atom stereocenters. The smallest absolute Gasteiger partial charge is 0.300 e. The van der Waals surface area contributed by atoms with Crippen molar-refractivity contribution in [1.82, 2.24) is 0 Å². The van der Waals surface area contributed by atoms with E-state index in [1.54, 1.807) is 55.8 Å². The fourth-order valence-corrected chi connectivity index (χ4v) is 8.24. The van der Waals surface area contributed by atoms with Gasteiger partial charge in [0.15, 0.2) is 0 Å². The highest BCUT2D eigenvalue weighted by molar-refractivity contribution is 7.00. The zero-order chi connectivity index (χ0) is 24.0. The topological polar surface area (TPSA) is 60.9 Å². The number of hydrogen-bond acceptors (Lipinski definition) is 3. The van der Waals surface area contributed by atoms with Gasteiger partial charge in [0, 0.05) is 37.8 Å². The molecule has 3 amide bonds. The molecule has 0 aromatic heterocycles. The van der Waals surface area contributed by atoms with Crippen LogP contribution in [0.1, 0.15) is 20.8 Å². The largest absolute Gasteiger partial charge is 0.426 e. The predicted molar refractivity (Wildman–Crippen MR) is 135 cm³/mol. The number of carbonyl (C=O) groups excluding carboxylic acids is 3. The molecule has 3 rings (SSSR count). The fourth-order valence-electron chi connectivity index (χ4n) is 4.12. The molecule has 0 aliphatic rings. The van der Waals surface area contributed by atoms with Crippen LogP contribution in [0.3, 0.4) is 0 Å². The van der Waals surface area contributed by atoms with Gasteiger partial charge in [-0.25, -0.2) is 0 Å². The van der Waals surface area contributed by atoms with E-state index in [1.807, 2.05) is 54.6 Å². The van der Waals surface area contributed by atoms with Gasteiger partial charge in [0.2, 0.25) is 17.7 Å². The number of hydrogen-bond donors (Lipinski definition) is 0. The van der Waals surface area contributed by atoms with Crippen LogP contribution in [0.5, 0.6) is 0 Å². The molecule has 0 unspecified atom stereocenters. The van der Waals surface area contributed by atoms with Crippen LogP contribution < -0.4 is 13.7 Å². The minimum Gasteiger partial charge on any atom is -0.300 e. The zero-order valence-corrected chi connectivity index (χ0v) is 20.0. The summed E-state index contributed by atoms with van der Waals surface area (Å²) in [4.78, 5) is 39.9. The molecule has 0 aliphatic heterocycles. The summed E-state index contributed by atoms with van der Waals surface area (Å²) in [5, 5.41) is 0. The van der Waals surface area contributed by atoms with Crippen LogP contribution in [-0.2, 0) is 14.4 Å². The fraction of sp³-hybridized carbons (Fsp3) is 0.115. The lowest BCUT2D eigenvalue weighted by Crippen LogP contribution is -2.78. The van der Waals surface area contributed by atoms with Crippen molar-refractivity contribution >= 4 is 43.3 Å². The van der Waals surface area contributed by atoms with E-state index in [0.29, 0.717) is 17.1 Å². The third-order valence-electron chi connectivity index (χ3n) is 5.25. The van der Waals surface area contributed by atoms with Gasteiger partial charge in [-0.3, -0.25) is 14.4 Å². The number of nitrogens with zero attached hydrogens (tertiary/aromatic N) is 3. The summed E-state index contributed by atoms with van der Waals surface area (Å²) in [5.74, 6) is -0.925. The van der Waals surface area contributed by atoms with Crippen molar-refractivity contribution in [2.24, 2.45) is 0 Å². The van der Waals surface area contributed by atoms with Gasteiger partial charge in [-0.1, -0.05) is 54.6 Å². The van der Waals surface area contributed by atoms with Crippen LogP contribution in [-0.4, -0.2) is 26.3 Å². The van der Waals surface area contributed by atoms with Gasteiger partial charge in [0.25, 0.3) is 0 Å². The number of anilines is 3. The Morgan fingerprint density at radius 3 is 1.00 bits per heavy atom. The quantitative estimate of drug-likeness (QED) is 0.479. The standard InChI is InChI=1S/C26H27N3O3Si/c1-5-33(27(21(2)30)24-15-9-6-10-16-24,28(22(3)31)25-17-11-7-12-18-25)29(23(4)32)26-19-13-8-14-20-26/h5-20H,1H2,2-4H3. The second-order valence-electron chi connectivity index (χ2n) is 7.46. The number of amides is 3. The Labute approximate surface area is 195 Å². The van der Waals surface area contributed by atoms with Crippen molar-refractivity contribution in [2.45, 2.75) is 20.8 Å². The zero-order valence-electron chi connectivity index (χ0n) is 19.0. The highest BCUT2D eigenvalue weighted by Crippen LogP contribution is 2.35. The van der Waals surface area contributed by atoms with Crippen molar-refractivity contribution < 1.29 is 14.4 Å². The second kappa shape index (κ2) is 10.1. The third-order valence-corrected chi connectivity index (χ3v) is 9.49. The molecular weight excluding hydrogens is 430 g/mol. The molecule has 0 N–H and O–H groups in total. The van der Waals surface area contributed by atoms with E-state index in [9.17, 15) is 14.4 Å². The van der Waals surface area contributed by atoms with Gasteiger partial charge in [-0.2, -0.15) is 0 Å². The van der Waals surface area contributed by atoms with Crippen molar-refractivity contribution in [1.29, 1.82) is 0 Å². The van der Waals surface area contributed by atoms with Crippen LogP contribution in [0, 0.1) is 0 Å². The van der Waals surface area contributed by atoms with Crippen LogP contribution in [0.15, 0.2) is 103 Å². The van der Waals surface area contributed by atoms with Crippen LogP contribution in [0.2, 0.25) is 0 Å². The molecule has 0 fully saturated rings. The van der Waals surface area contributed by atoms with E-state index in [2.05, 4.69) is 6.58 Å². The van der Waals surface area contributed by atoms with Crippen molar-refractivity contribution in [3.05, 3.63) is 103 Å². The van der Waals surface area contributed by atoms with E-state index in [-0.39, 0.29) is 17.7 Å². The first-order chi connectivity index (χ1) is 15.8. The predicted octanol–water partition coefficient (Wildman–Crippen LogP) is 4.81. The maximum atomic E-state index is 13.3. The molecule has 0 radical (unpaired) electrons. The summed E-state index contributed by atoms with van der Waals surface area (Å²) in [6.45, 7) is 8.41. The second-order valence-corrected chi connectivity index (χ2v) is 10.6. The molecule has 168 valence electrons. The molecule has 0 spiro atoms. The first-order valence-electron chi connectivity index (χ1n) is 10.6. The average Bonchev–Trinajstić information content (AvgIpc) is 2.80. The van der Waals surface area contributed by atoms with E-state index < -0.39 is 8.56 Å². The van der Waals surface area contributed by atoms with Crippen LogP contribution in [0.4, 0.5) is 17.1 Å². The molecule has 0 saturated heterocycles. The molecule has 6 nitrogen and oxygen atoms in total. The normalized spacial score (nSPS) is 10.8. The number of carbonyl (C=O) groups is 3. The Morgan fingerprint density at radius 2 is 0.818 bits per heavy atom. The van der Waals surface area contributed by atoms with Gasteiger partial charge in [-0.15, -0.1) is 6.58 Å². The Morgan fingerprint density at radius 1 is 0.576 bits per heavy atom. The molecule has 3 aromatic carbocycles. The molecule has 0 aliphatic carbocycles. The van der Waals surface area contributed by atoms with Crippen molar-refractivity contribution in [3.63, 3.8) is 0 Å². The lowest BCUT2D eigenvalue weighted by atomic mass is 10.3. The summed E-state index contributed by atoms with van der Waals surface area (Å²) in [6.07, 6.45) is 0. The Kier molecular flexibility index (Phi) is 7.25. The Hall–Kier alpha value is -3.97. The van der Waals surface area contributed by atoms with Crippen LogP contribution >= 0.6 is 0 Å². The number of para-hydroxylation sites is 3. The molecule has 7 heteroatoms. The molecule has 0 heterocycles. The highest BCUT2D eigenvalue weighted by atomic mass is 28.4. The summed E-state index contributed by atoms with van der Waals surface area (Å²) < 4.78 is 4.67. The lowest BCUT2D eigenvalue weighted by Gasteiger charge is -2.50. The van der Waals surface area contributed by atoms with Gasteiger partial charge in [0.05, 0.1) is 0 Å². The van der Waals surface area contributed by atoms with Crippen molar-refractivity contribution in [3.8, 4) is 0 Å². The molecule has 0 saturated carbocycles. The van der Waals surface area contributed by atoms with Gasteiger partial charge >= 0.3 is 8.56 Å². The number of rotatable bonds is 7. The van der Waals surface area contributed by atoms with E-state index in [1.165, 1.54) is 20.8 Å².